The second-order valence-corrected chi connectivity index (χ2v) is 5.06. The summed E-state index contributed by atoms with van der Waals surface area (Å²) in [6, 6.07) is 10.9. The van der Waals surface area contributed by atoms with Gasteiger partial charge in [-0.05, 0) is 29.7 Å². The van der Waals surface area contributed by atoms with E-state index in [4.69, 9.17) is 0 Å². The first-order chi connectivity index (χ1) is 7.27. The van der Waals surface area contributed by atoms with Gasteiger partial charge in [-0.2, -0.15) is 0 Å². The second-order valence-electron chi connectivity index (χ2n) is 5.06. The Labute approximate surface area is 93.7 Å². The molecule has 0 heteroatoms. The molecule has 0 saturated heterocycles. The minimum absolute atomic E-state index is 0.821. The molecule has 1 unspecified atom stereocenters. The summed E-state index contributed by atoms with van der Waals surface area (Å²) in [6.07, 6.45) is 5.59. The molecule has 15 heavy (non-hydrogen) atoms. The van der Waals surface area contributed by atoms with E-state index in [1.165, 1.54) is 31.2 Å². The van der Waals surface area contributed by atoms with Gasteiger partial charge in [0.05, 0.1) is 0 Å². The highest BCUT2D eigenvalue weighted by Crippen LogP contribution is 2.39. The summed E-state index contributed by atoms with van der Waals surface area (Å²) in [5, 5.41) is 0. The molecule has 0 spiro atoms. The SMILES string of the molecule is C[C](C)C(Cc1ccccc1)C1CCC1. The summed E-state index contributed by atoms with van der Waals surface area (Å²) in [5.41, 5.74) is 1.50. The molecule has 1 fully saturated rings. The molecule has 1 aliphatic carbocycles. The number of rotatable bonds is 4. The van der Waals surface area contributed by atoms with Crippen molar-refractivity contribution in [3.05, 3.63) is 41.8 Å². The highest BCUT2D eigenvalue weighted by molar-refractivity contribution is 5.17. The van der Waals surface area contributed by atoms with Gasteiger partial charge >= 0.3 is 0 Å². The van der Waals surface area contributed by atoms with Crippen LogP contribution in [-0.2, 0) is 6.42 Å². The zero-order valence-corrected chi connectivity index (χ0v) is 9.87. The van der Waals surface area contributed by atoms with E-state index in [1.807, 2.05) is 0 Å². The molecule has 0 heterocycles. The lowest BCUT2D eigenvalue weighted by Gasteiger charge is -2.36. The third-order valence-corrected chi connectivity index (χ3v) is 3.76. The van der Waals surface area contributed by atoms with Crippen LogP contribution < -0.4 is 0 Å². The maximum atomic E-state index is 2.30. The van der Waals surface area contributed by atoms with E-state index in [1.54, 1.807) is 5.92 Å². The molecule has 0 N–H and O–H groups in total. The Morgan fingerprint density at radius 2 is 1.87 bits per heavy atom. The summed E-state index contributed by atoms with van der Waals surface area (Å²) >= 11 is 0. The minimum atomic E-state index is 0.821. The van der Waals surface area contributed by atoms with Crippen LogP contribution in [0.5, 0.6) is 0 Å². The van der Waals surface area contributed by atoms with E-state index in [-0.39, 0.29) is 0 Å². The van der Waals surface area contributed by atoms with Crippen molar-refractivity contribution in [2.24, 2.45) is 11.8 Å². The van der Waals surface area contributed by atoms with E-state index in [0.717, 1.165) is 11.8 Å². The predicted octanol–water partition coefficient (Wildman–Crippen LogP) is 4.26. The molecular weight excluding hydrogens is 180 g/mol. The standard InChI is InChI=1S/C15H21/c1-12(2)15(14-9-6-10-14)11-13-7-4-3-5-8-13/h3-5,7-8,14-15H,6,9-11H2,1-2H3. The summed E-state index contributed by atoms with van der Waals surface area (Å²) < 4.78 is 0. The minimum Gasteiger partial charge on any atom is -0.0622 e. The molecule has 0 aliphatic heterocycles. The molecule has 0 amide bonds. The molecule has 1 saturated carbocycles. The zero-order valence-electron chi connectivity index (χ0n) is 9.87. The molecule has 1 aliphatic rings. The van der Waals surface area contributed by atoms with Crippen LogP contribution in [0.2, 0.25) is 0 Å². The zero-order chi connectivity index (χ0) is 10.7. The summed E-state index contributed by atoms with van der Waals surface area (Å²) in [6.45, 7) is 4.60. The van der Waals surface area contributed by atoms with E-state index < -0.39 is 0 Å². The average molecular weight is 201 g/mol. The van der Waals surface area contributed by atoms with Gasteiger partial charge in [-0.1, -0.05) is 63.4 Å². The Kier molecular flexibility index (Phi) is 3.45. The van der Waals surface area contributed by atoms with Crippen molar-refractivity contribution in [2.45, 2.75) is 39.5 Å². The fourth-order valence-corrected chi connectivity index (χ4v) is 2.55. The Hall–Kier alpha value is -0.780. The Balaban J connectivity index is 2.00. The van der Waals surface area contributed by atoms with Crippen molar-refractivity contribution in [3.63, 3.8) is 0 Å². The summed E-state index contributed by atoms with van der Waals surface area (Å²) in [4.78, 5) is 0. The Morgan fingerprint density at radius 3 is 2.33 bits per heavy atom. The first-order valence-corrected chi connectivity index (χ1v) is 6.11. The Bertz CT molecular complexity index is 282. The molecule has 81 valence electrons. The van der Waals surface area contributed by atoms with Gasteiger partial charge in [-0.25, -0.2) is 0 Å². The lowest BCUT2D eigenvalue weighted by molar-refractivity contribution is 0.214. The van der Waals surface area contributed by atoms with Crippen LogP contribution in [-0.4, -0.2) is 0 Å². The van der Waals surface area contributed by atoms with Gasteiger partial charge < -0.3 is 0 Å². The quantitative estimate of drug-likeness (QED) is 0.683. The van der Waals surface area contributed by atoms with Gasteiger partial charge in [0.25, 0.3) is 0 Å². The highest BCUT2D eigenvalue weighted by atomic mass is 14.3. The Morgan fingerprint density at radius 1 is 1.20 bits per heavy atom. The molecule has 0 bridgehead atoms. The first-order valence-electron chi connectivity index (χ1n) is 6.11. The van der Waals surface area contributed by atoms with E-state index in [0.29, 0.717) is 0 Å². The third-order valence-electron chi connectivity index (χ3n) is 3.76. The molecule has 0 aromatic heterocycles. The van der Waals surface area contributed by atoms with Crippen LogP contribution in [0.1, 0.15) is 38.7 Å². The lowest BCUT2D eigenvalue weighted by atomic mass is 9.69. The number of hydrogen-bond acceptors (Lipinski definition) is 0. The molecule has 0 nitrogen and oxygen atoms in total. The number of hydrogen-bond donors (Lipinski definition) is 0. The van der Waals surface area contributed by atoms with Crippen molar-refractivity contribution in [2.75, 3.05) is 0 Å². The maximum Gasteiger partial charge on any atom is -0.0242 e. The monoisotopic (exact) mass is 201 g/mol. The normalized spacial score (nSPS) is 18.9. The van der Waals surface area contributed by atoms with Crippen LogP contribution in [0.15, 0.2) is 30.3 Å². The van der Waals surface area contributed by atoms with Gasteiger partial charge in [0.15, 0.2) is 0 Å². The maximum absolute atomic E-state index is 2.30. The van der Waals surface area contributed by atoms with Crippen molar-refractivity contribution < 1.29 is 0 Å². The fraction of sp³-hybridized carbons (Fsp3) is 0.533. The topological polar surface area (TPSA) is 0 Å². The fourth-order valence-electron chi connectivity index (χ4n) is 2.55. The van der Waals surface area contributed by atoms with E-state index >= 15 is 0 Å². The van der Waals surface area contributed by atoms with Gasteiger partial charge in [-0.15, -0.1) is 0 Å². The van der Waals surface area contributed by atoms with Gasteiger partial charge in [0.1, 0.15) is 0 Å². The summed E-state index contributed by atoms with van der Waals surface area (Å²) in [5.74, 6) is 3.40. The number of benzene rings is 1. The van der Waals surface area contributed by atoms with Gasteiger partial charge in [0, 0.05) is 0 Å². The molecule has 1 aromatic rings. The molecule has 1 atom stereocenters. The third kappa shape index (κ3) is 2.62. The van der Waals surface area contributed by atoms with Crippen LogP contribution in [0.3, 0.4) is 0 Å². The van der Waals surface area contributed by atoms with E-state index in [9.17, 15) is 0 Å². The van der Waals surface area contributed by atoms with Crippen molar-refractivity contribution in [3.8, 4) is 0 Å². The highest BCUT2D eigenvalue weighted by Gasteiger charge is 2.29. The average Bonchev–Trinajstić information content (AvgIpc) is 2.15. The molecule has 2 rings (SSSR count). The van der Waals surface area contributed by atoms with Crippen LogP contribution in [0.25, 0.3) is 0 Å². The smallest absolute Gasteiger partial charge is 0.0242 e. The van der Waals surface area contributed by atoms with Crippen molar-refractivity contribution in [1.82, 2.24) is 0 Å². The first kappa shape index (κ1) is 10.7. The molecule has 1 aromatic carbocycles. The van der Waals surface area contributed by atoms with Gasteiger partial charge in [-0.3, -0.25) is 0 Å². The van der Waals surface area contributed by atoms with Crippen LogP contribution in [0, 0.1) is 17.8 Å². The second kappa shape index (κ2) is 4.83. The largest absolute Gasteiger partial charge is 0.0622 e. The van der Waals surface area contributed by atoms with Crippen molar-refractivity contribution in [1.29, 1.82) is 0 Å². The van der Waals surface area contributed by atoms with Crippen LogP contribution >= 0.6 is 0 Å². The molecular formula is C15H21. The predicted molar refractivity (Wildman–Crippen MR) is 65.6 cm³/mol. The van der Waals surface area contributed by atoms with Crippen LogP contribution in [0.4, 0.5) is 0 Å². The lowest BCUT2D eigenvalue weighted by Crippen LogP contribution is -2.26. The molecule has 1 radical (unpaired) electrons. The van der Waals surface area contributed by atoms with E-state index in [2.05, 4.69) is 44.2 Å². The summed E-state index contributed by atoms with van der Waals surface area (Å²) in [7, 11) is 0. The van der Waals surface area contributed by atoms with Crippen molar-refractivity contribution >= 4 is 0 Å². The van der Waals surface area contributed by atoms with Gasteiger partial charge in [0.2, 0.25) is 0 Å².